The number of nitrogens with two attached hydrogens (primary N) is 1. The van der Waals surface area contributed by atoms with E-state index in [4.69, 9.17) is 10.5 Å². The Labute approximate surface area is 135 Å². The van der Waals surface area contributed by atoms with Crippen molar-refractivity contribution in [3.8, 4) is 5.75 Å². The molecule has 0 aliphatic carbocycles. The number of rotatable bonds is 7. The Balaban J connectivity index is 1.75. The van der Waals surface area contributed by atoms with E-state index >= 15 is 0 Å². The van der Waals surface area contributed by atoms with Crippen molar-refractivity contribution in [1.29, 1.82) is 0 Å². The number of ether oxygens (including phenoxy) is 1. The van der Waals surface area contributed by atoms with Crippen molar-refractivity contribution in [3.63, 3.8) is 0 Å². The molecule has 0 aliphatic rings. The molecule has 0 radical (unpaired) electrons. The molecule has 9 heteroatoms. The van der Waals surface area contributed by atoms with Gasteiger partial charge in [0, 0.05) is 29.7 Å². The number of aromatic nitrogens is 2. The van der Waals surface area contributed by atoms with E-state index in [9.17, 15) is 4.79 Å². The monoisotopic (exact) mass is 369 g/mol. The Morgan fingerprint density at radius 2 is 2.23 bits per heavy atom. The Morgan fingerprint density at radius 1 is 1.41 bits per heavy atom. The molecule has 118 valence electrons. The van der Waals surface area contributed by atoms with Crippen LogP contribution in [0.4, 0.5) is 5.82 Å². The second-order valence-corrected chi connectivity index (χ2v) is 5.30. The normalized spacial score (nSPS) is 10.5. The molecule has 0 saturated heterocycles. The van der Waals surface area contributed by atoms with Crippen molar-refractivity contribution >= 4 is 27.7 Å². The van der Waals surface area contributed by atoms with Crippen LogP contribution in [0.25, 0.3) is 0 Å². The van der Waals surface area contributed by atoms with Crippen LogP contribution in [-0.4, -0.2) is 36.4 Å². The molecule has 1 heterocycles. The molecule has 0 fully saturated rings. The maximum atomic E-state index is 11.7. The fourth-order valence-electron chi connectivity index (χ4n) is 1.81. The van der Waals surface area contributed by atoms with E-state index in [1.807, 2.05) is 18.2 Å². The average Bonchev–Trinajstić information content (AvgIpc) is 2.93. The Hall–Kier alpha value is -2.13. The van der Waals surface area contributed by atoms with Crippen LogP contribution >= 0.6 is 15.9 Å². The van der Waals surface area contributed by atoms with Crippen molar-refractivity contribution in [2.24, 2.45) is 0 Å². The molecule has 4 N–H and O–H groups in total. The largest absolute Gasteiger partial charge is 0.496 e. The van der Waals surface area contributed by atoms with Crippen LogP contribution < -0.4 is 21.1 Å². The number of carbonyl (C=O) groups is 1. The van der Waals surface area contributed by atoms with Crippen LogP contribution in [0.15, 0.2) is 27.3 Å². The van der Waals surface area contributed by atoms with Crippen LogP contribution in [-0.2, 0) is 6.54 Å². The highest BCUT2D eigenvalue weighted by molar-refractivity contribution is 9.10. The van der Waals surface area contributed by atoms with Gasteiger partial charge in [0.05, 0.1) is 7.11 Å². The van der Waals surface area contributed by atoms with E-state index in [1.165, 1.54) is 0 Å². The molecule has 0 saturated carbocycles. The Bertz CT molecular complexity index is 646. The lowest BCUT2D eigenvalue weighted by molar-refractivity contribution is 0.0944. The number of carbonyl (C=O) groups excluding carboxylic acids is 1. The minimum atomic E-state index is -0.416. The molecule has 0 unspecified atom stereocenters. The van der Waals surface area contributed by atoms with Gasteiger partial charge in [-0.2, -0.15) is 0 Å². The van der Waals surface area contributed by atoms with E-state index in [0.29, 0.717) is 19.6 Å². The zero-order valence-corrected chi connectivity index (χ0v) is 13.5. The lowest BCUT2D eigenvalue weighted by Gasteiger charge is -2.10. The first kappa shape index (κ1) is 16.2. The van der Waals surface area contributed by atoms with Gasteiger partial charge in [-0.15, -0.1) is 0 Å². The van der Waals surface area contributed by atoms with E-state index in [0.717, 1.165) is 15.8 Å². The summed E-state index contributed by atoms with van der Waals surface area (Å²) in [5, 5.41) is 12.7. The van der Waals surface area contributed by atoms with Gasteiger partial charge in [0.2, 0.25) is 11.5 Å². The SMILES string of the molecule is COc1ccc(Br)cc1CNCCNC(=O)c1nonc1N. The zero-order chi connectivity index (χ0) is 15.9. The highest BCUT2D eigenvalue weighted by atomic mass is 79.9. The predicted molar refractivity (Wildman–Crippen MR) is 83.4 cm³/mol. The van der Waals surface area contributed by atoms with E-state index in [-0.39, 0.29) is 11.5 Å². The van der Waals surface area contributed by atoms with Crippen molar-refractivity contribution in [2.45, 2.75) is 6.54 Å². The molecular formula is C13H16BrN5O3. The zero-order valence-electron chi connectivity index (χ0n) is 11.9. The molecule has 0 spiro atoms. The lowest BCUT2D eigenvalue weighted by atomic mass is 10.2. The van der Waals surface area contributed by atoms with E-state index in [1.54, 1.807) is 7.11 Å². The lowest BCUT2D eigenvalue weighted by Crippen LogP contribution is -2.32. The molecule has 0 bridgehead atoms. The number of benzene rings is 1. The molecule has 1 aromatic carbocycles. The molecule has 2 rings (SSSR count). The number of nitrogen functional groups attached to an aromatic ring is 1. The molecule has 2 aromatic rings. The van der Waals surface area contributed by atoms with E-state index in [2.05, 4.69) is 41.5 Å². The number of halogens is 1. The third kappa shape index (κ3) is 4.18. The van der Waals surface area contributed by atoms with Gasteiger partial charge in [-0.3, -0.25) is 4.79 Å². The van der Waals surface area contributed by atoms with Gasteiger partial charge in [-0.05, 0) is 28.5 Å². The molecule has 1 aromatic heterocycles. The molecular weight excluding hydrogens is 354 g/mol. The minimum Gasteiger partial charge on any atom is -0.496 e. The summed E-state index contributed by atoms with van der Waals surface area (Å²) in [6.07, 6.45) is 0. The van der Waals surface area contributed by atoms with Crippen molar-refractivity contribution in [2.75, 3.05) is 25.9 Å². The van der Waals surface area contributed by atoms with E-state index < -0.39 is 5.91 Å². The second-order valence-electron chi connectivity index (χ2n) is 4.39. The van der Waals surface area contributed by atoms with Crippen LogP contribution in [0.5, 0.6) is 5.75 Å². The summed E-state index contributed by atoms with van der Waals surface area (Å²) in [5.41, 5.74) is 6.45. The maximum absolute atomic E-state index is 11.7. The van der Waals surface area contributed by atoms with Crippen molar-refractivity contribution in [3.05, 3.63) is 33.9 Å². The maximum Gasteiger partial charge on any atom is 0.277 e. The predicted octanol–water partition coefficient (Wildman–Crippen LogP) is 0.942. The number of anilines is 1. The fraction of sp³-hybridized carbons (Fsp3) is 0.308. The number of methoxy groups -OCH3 is 1. The number of hydrogen-bond donors (Lipinski definition) is 3. The molecule has 0 atom stereocenters. The summed E-state index contributed by atoms with van der Waals surface area (Å²) in [5.74, 6) is 0.367. The van der Waals surface area contributed by atoms with Crippen molar-refractivity contribution < 1.29 is 14.2 Å². The summed E-state index contributed by atoms with van der Waals surface area (Å²) in [7, 11) is 1.63. The molecule has 8 nitrogen and oxygen atoms in total. The summed E-state index contributed by atoms with van der Waals surface area (Å²) >= 11 is 3.42. The molecule has 22 heavy (non-hydrogen) atoms. The van der Waals surface area contributed by atoms with Crippen LogP contribution in [0.3, 0.4) is 0 Å². The minimum absolute atomic E-state index is 0.00587. The third-order valence-corrected chi connectivity index (χ3v) is 3.37. The summed E-state index contributed by atoms with van der Waals surface area (Å²) in [6.45, 7) is 1.61. The summed E-state index contributed by atoms with van der Waals surface area (Å²) < 4.78 is 10.6. The van der Waals surface area contributed by atoms with Gasteiger partial charge in [-0.25, -0.2) is 4.63 Å². The number of nitrogens with zero attached hydrogens (tertiary/aromatic N) is 2. The third-order valence-electron chi connectivity index (χ3n) is 2.87. The van der Waals surface area contributed by atoms with Crippen LogP contribution in [0.2, 0.25) is 0 Å². The number of amides is 1. The smallest absolute Gasteiger partial charge is 0.277 e. The summed E-state index contributed by atoms with van der Waals surface area (Å²) in [6, 6.07) is 5.79. The topological polar surface area (TPSA) is 115 Å². The Morgan fingerprint density at radius 3 is 2.91 bits per heavy atom. The average molecular weight is 370 g/mol. The first-order valence-electron chi connectivity index (χ1n) is 6.51. The van der Waals surface area contributed by atoms with Gasteiger partial charge < -0.3 is 21.1 Å². The molecule has 0 aliphatic heterocycles. The van der Waals surface area contributed by atoms with Gasteiger partial charge in [0.25, 0.3) is 5.91 Å². The highest BCUT2D eigenvalue weighted by Crippen LogP contribution is 2.22. The highest BCUT2D eigenvalue weighted by Gasteiger charge is 2.14. The van der Waals surface area contributed by atoms with Crippen LogP contribution in [0, 0.1) is 0 Å². The molecule has 1 amide bonds. The first-order valence-corrected chi connectivity index (χ1v) is 7.30. The van der Waals surface area contributed by atoms with Crippen LogP contribution in [0.1, 0.15) is 16.1 Å². The number of nitrogens with one attached hydrogen (secondary N) is 2. The van der Waals surface area contributed by atoms with Gasteiger partial charge in [0.1, 0.15) is 5.75 Å². The quantitative estimate of drug-likeness (QED) is 0.622. The Kier molecular flexibility index (Phi) is 5.73. The first-order chi connectivity index (χ1) is 10.6. The fourth-order valence-corrected chi connectivity index (χ4v) is 2.22. The van der Waals surface area contributed by atoms with Gasteiger partial charge >= 0.3 is 0 Å². The van der Waals surface area contributed by atoms with Crippen molar-refractivity contribution in [1.82, 2.24) is 20.9 Å². The standard InChI is InChI=1S/C13H16BrN5O3/c1-21-10-3-2-9(14)6-8(10)7-16-4-5-17-13(20)11-12(15)19-22-18-11/h2-3,6,16H,4-5,7H2,1H3,(H2,15,19)(H,17,20). The van der Waals surface area contributed by atoms with Gasteiger partial charge in [0.15, 0.2) is 0 Å². The number of hydrogen-bond acceptors (Lipinski definition) is 7. The second kappa shape index (κ2) is 7.76. The summed E-state index contributed by atoms with van der Waals surface area (Å²) in [4.78, 5) is 11.7. The van der Waals surface area contributed by atoms with Gasteiger partial charge in [-0.1, -0.05) is 15.9 Å².